The average molecular weight is 352 g/mol. The Balaban J connectivity index is 1.64. The van der Waals surface area contributed by atoms with Crippen LogP contribution in [-0.2, 0) is 4.79 Å². The zero-order chi connectivity index (χ0) is 17.0. The molecule has 6 nitrogen and oxygen atoms in total. The molecule has 1 N–H and O–H groups in total. The molecule has 0 saturated heterocycles. The Labute approximate surface area is 148 Å². The standard InChI is InChI=1S/C18H16N4O2S/c1-10-4-6-25-17(10)16-15-12(21-18-19-9-20-22(16)18)7-11(8-13(15)23)14-3-2-5-24-14/h2-6,9,11,16H,7-8H2,1H3,(H,19,20,21). The lowest BCUT2D eigenvalue weighted by Crippen LogP contribution is -2.33. The molecule has 1 aliphatic carbocycles. The Kier molecular flexibility index (Phi) is 3.18. The van der Waals surface area contributed by atoms with Gasteiger partial charge in [0.2, 0.25) is 5.95 Å². The van der Waals surface area contributed by atoms with Gasteiger partial charge in [0.25, 0.3) is 0 Å². The molecular weight excluding hydrogens is 336 g/mol. The Morgan fingerprint density at radius 3 is 3.04 bits per heavy atom. The van der Waals surface area contributed by atoms with Crippen molar-refractivity contribution in [2.24, 2.45) is 0 Å². The number of carbonyl (C=O) groups is 1. The van der Waals surface area contributed by atoms with Gasteiger partial charge in [-0.15, -0.1) is 11.3 Å². The van der Waals surface area contributed by atoms with Gasteiger partial charge in [-0.05, 0) is 42.5 Å². The van der Waals surface area contributed by atoms with Gasteiger partial charge in [-0.3, -0.25) is 4.79 Å². The van der Waals surface area contributed by atoms with E-state index in [1.54, 1.807) is 17.6 Å². The quantitative estimate of drug-likeness (QED) is 0.762. The highest BCUT2D eigenvalue weighted by molar-refractivity contribution is 7.10. The van der Waals surface area contributed by atoms with Crippen LogP contribution in [0.4, 0.5) is 5.95 Å². The molecule has 2 atom stereocenters. The number of ketones is 1. The Morgan fingerprint density at radius 2 is 2.28 bits per heavy atom. The van der Waals surface area contributed by atoms with Crippen LogP contribution in [0.2, 0.25) is 0 Å². The zero-order valence-electron chi connectivity index (χ0n) is 13.6. The summed E-state index contributed by atoms with van der Waals surface area (Å²) in [6, 6.07) is 5.69. The molecule has 5 rings (SSSR count). The number of hydrogen-bond acceptors (Lipinski definition) is 6. The van der Waals surface area contributed by atoms with Crippen molar-refractivity contribution in [2.45, 2.75) is 31.7 Å². The maximum absolute atomic E-state index is 13.1. The summed E-state index contributed by atoms with van der Waals surface area (Å²) in [6.45, 7) is 2.07. The van der Waals surface area contributed by atoms with Gasteiger partial charge < -0.3 is 9.73 Å². The lowest BCUT2D eigenvalue weighted by Gasteiger charge is -2.34. The van der Waals surface area contributed by atoms with Crippen LogP contribution in [-0.4, -0.2) is 20.5 Å². The van der Waals surface area contributed by atoms with E-state index in [1.165, 1.54) is 11.9 Å². The molecule has 0 saturated carbocycles. The first-order valence-electron chi connectivity index (χ1n) is 8.22. The lowest BCUT2D eigenvalue weighted by atomic mass is 9.80. The number of carbonyl (C=O) groups excluding carboxylic acids is 1. The Hall–Kier alpha value is -2.67. The van der Waals surface area contributed by atoms with E-state index in [0.29, 0.717) is 12.4 Å². The molecule has 25 heavy (non-hydrogen) atoms. The van der Waals surface area contributed by atoms with Crippen LogP contribution >= 0.6 is 11.3 Å². The second-order valence-electron chi connectivity index (χ2n) is 6.46. The van der Waals surface area contributed by atoms with Gasteiger partial charge in [0.1, 0.15) is 18.1 Å². The third kappa shape index (κ3) is 2.19. The fraction of sp³-hybridized carbons (Fsp3) is 0.278. The molecule has 0 amide bonds. The lowest BCUT2D eigenvalue weighted by molar-refractivity contribution is -0.116. The maximum Gasteiger partial charge on any atom is 0.226 e. The fourth-order valence-corrected chi connectivity index (χ4v) is 4.80. The molecule has 3 aromatic rings. The maximum atomic E-state index is 13.1. The van der Waals surface area contributed by atoms with Crippen molar-refractivity contribution in [1.82, 2.24) is 14.8 Å². The van der Waals surface area contributed by atoms with Crippen LogP contribution < -0.4 is 5.32 Å². The number of fused-ring (bicyclic) bond motifs is 1. The van der Waals surface area contributed by atoms with E-state index in [4.69, 9.17) is 4.42 Å². The second-order valence-corrected chi connectivity index (χ2v) is 7.41. The van der Waals surface area contributed by atoms with Crippen molar-refractivity contribution in [3.8, 4) is 0 Å². The highest BCUT2D eigenvalue weighted by atomic mass is 32.1. The first kappa shape index (κ1) is 14.7. The first-order chi connectivity index (χ1) is 12.2. The molecule has 126 valence electrons. The van der Waals surface area contributed by atoms with E-state index in [1.807, 2.05) is 16.8 Å². The van der Waals surface area contributed by atoms with E-state index in [0.717, 1.165) is 28.3 Å². The molecule has 0 radical (unpaired) electrons. The number of furan rings is 1. The van der Waals surface area contributed by atoms with Crippen LogP contribution in [0.3, 0.4) is 0 Å². The molecule has 1 aliphatic heterocycles. The van der Waals surface area contributed by atoms with Crippen molar-refractivity contribution in [3.63, 3.8) is 0 Å². The topological polar surface area (TPSA) is 73.0 Å². The monoisotopic (exact) mass is 352 g/mol. The summed E-state index contributed by atoms with van der Waals surface area (Å²) in [4.78, 5) is 18.6. The summed E-state index contributed by atoms with van der Waals surface area (Å²) in [5, 5.41) is 9.76. The normalized spacial score (nSPS) is 22.5. The van der Waals surface area contributed by atoms with Crippen molar-refractivity contribution in [1.29, 1.82) is 0 Å². The predicted molar refractivity (Wildman–Crippen MR) is 93.6 cm³/mol. The number of nitrogens with zero attached hydrogens (tertiary/aromatic N) is 3. The number of Topliss-reactive ketones (excluding diaryl/α,β-unsaturated/α-hetero) is 1. The smallest absolute Gasteiger partial charge is 0.226 e. The van der Waals surface area contributed by atoms with Gasteiger partial charge in [0, 0.05) is 28.5 Å². The first-order valence-corrected chi connectivity index (χ1v) is 9.10. The number of allylic oxidation sites excluding steroid dienone is 2. The minimum Gasteiger partial charge on any atom is -0.469 e. The molecule has 0 fully saturated rings. The van der Waals surface area contributed by atoms with Gasteiger partial charge in [-0.2, -0.15) is 10.1 Å². The summed E-state index contributed by atoms with van der Waals surface area (Å²) in [5.74, 6) is 1.75. The van der Waals surface area contributed by atoms with Gasteiger partial charge in [0.15, 0.2) is 5.78 Å². The number of anilines is 1. The minimum atomic E-state index is -0.196. The summed E-state index contributed by atoms with van der Waals surface area (Å²) in [7, 11) is 0. The molecule has 0 spiro atoms. The second kappa shape index (κ2) is 5.42. The number of nitrogens with one attached hydrogen (secondary N) is 1. The van der Waals surface area contributed by atoms with Crippen LogP contribution in [0.15, 0.2) is 51.9 Å². The number of thiophene rings is 1. The van der Waals surface area contributed by atoms with Crippen LogP contribution in [0.5, 0.6) is 0 Å². The third-order valence-corrected chi connectivity index (χ3v) is 6.03. The Bertz CT molecular complexity index is 983. The van der Waals surface area contributed by atoms with Crippen LogP contribution in [0.1, 0.15) is 41.0 Å². The summed E-state index contributed by atoms with van der Waals surface area (Å²) in [5.41, 5.74) is 2.92. The van der Waals surface area contributed by atoms with E-state index in [2.05, 4.69) is 33.8 Å². The number of aromatic nitrogens is 3. The van der Waals surface area contributed by atoms with Crippen molar-refractivity contribution in [3.05, 3.63) is 63.6 Å². The zero-order valence-corrected chi connectivity index (χ0v) is 14.4. The van der Waals surface area contributed by atoms with Gasteiger partial charge >= 0.3 is 0 Å². The highest BCUT2D eigenvalue weighted by Crippen LogP contribution is 2.45. The van der Waals surface area contributed by atoms with E-state index in [-0.39, 0.29) is 17.7 Å². The molecule has 7 heteroatoms. The summed E-state index contributed by atoms with van der Waals surface area (Å²) in [6.07, 6.45) is 4.39. The SMILES string of the molecule is Cc1ccsc1C1C2=C(CC(c3ccco3)CC2=O)Nc2ncnn21. The summed E-state index contributed by atoms with van der Waals surface area (Å²) >= 11 is 1.66. The van der Waals surface area contributed by atoms with Crippen molar-refractivity contribution in [2.75, 3.05) is 5.32 Å². The minimum absolute atomic E-state index is 0.0632. The fourth-order valence-electron chi connectivity index (χ4n) is 3.78. The van der Waals surface area contributed by atoms with E-state index in [9.17, 15) is 4.79 Å². The van der Waals surface area contributed by atoms with Gasteiger partial charge in [-0.1, -0.05) is 0 Å². The molecule has 4 heterocycles. The summed E-state index contributed by atoms with van der Waals surface area (Å²) < 4.78 is 7.36. The molecule has 2 aliphatic rings. The molecule has 3 aromatic heterocycles. The van der Waals surface area contributed by atoms with E-state index < -0.39 is 0 Å². The number of rotatable bonds is 2. The Morgan fingerprint density at radius 1 is 1.36 bits per heavy atom. The molecule has 0 bridgehead atoms. The predicted octanol–water partition coefficient (Wildman–Crippen LogP) is 3.66. The van der Waals surface area contributed by atoms with E-state index >= 15 is 0 Å². The molecule has 2 unspecified atom stereocenters. The molecule has 0 aromatic carbocycles. The van der Waals surface area contributed by atoms with Gasteiger partial charge in [-0.25, -0.2) is 4.68 Å². The largest absolute Gasteiger partial charge is 0.469 e. The third-order valence-electron chi connectivity index (χ3n) is 4.96. The average Bonchev–Trinajstić information content (AvgIpc) is 3.34. The highest BCUT2D eigenvalue weighted by Gasteiger charge is 2.40. The van der Waals surface area contributed by atoms with Crippen molar-refractivity contribution >= 4 is 23.1 Å². The van der Waals surface area contributed by atoms with Gasteiger partial charge in [0.05, 0.1) is 6.26 Å². The van der Waals surface area contributed by atoms with Crippen molar-refractivity contribution < 1.29 is 9.21 Å². The van der Waals surface area contributed by atoms with Crippen LogP contribution in [0.25, 0.3) is 0 Å². The number of aryl methyl sites for hydroxylation is 1. The van der Waals surface area contributed by atoms with Crippen LogP contribution in [0, 0.1) is 6.92 Å². The number of hydrogen-bond donors (Lipinski definition) is 1. The molecular formula is C18H16N4O2S.